The minimum absolute atomic E-state index is 0. The molecule has 0 saturated heterocycles. The predicted molar refractivity (Wildman–Crippen MR) is 219 cm³/mol. The SMILES string of the molecule is C1=NC=NC1.C1=NC=NC1.C1=NC=NC1.C1=NC=NC1.C1=NC=NC1.C1=NC=NC1.C1=NC=NC1.C1=NC=NC1.C1=NC=NC1.C1=NC=NC1.[Cl-].[Cl-].[Ni+2]. The fourth-order valence-corrected chi connectivity index (χ4v) is 2.36. The Bertz CT molecular complexity index is 1010. The number of nitrogens with zero attached hydrogens (tertiary/aromatic N) is 20. The molecule has 0 bridgehead atoms. The predicted octanol–water partition coefficient (Wildman–Crippen LogP) is -5.00. The van der Waals surface area contributed by atoms with E-state index >= 15 is 0 Å². The van der Waals surface area contributed by atoms with E-state index in [1.807, 2.05) is 0 Å². The van der Waals surface area contributed by atoms with Gasteiger partial charge in [-0.1, -0.05) is 0 Å². The van der Waals surface area contributed by atoms with Crippen LogP contribution in [-0.2, 0) is 16.5 Å². The van der Waals surface area contributed by atoms with Crippen LogP contribution in [0.3, 0.4) is 0 Å². The Morgan fingerprint density at radius 2 is 0.283 bits per heavy atom. The molecule has 0 aliphatic carbocycles. The van der Waals surface area contributed by atoms with E-state index in [0.29, 0.717) is 0 Å². The Morgan fingerprint density at radius 3 is 0.302 bits per heavy atom. The Hall–Kier alpha value is -5.53. The molecule has 0 atom stereocenters. The molecule has 10 rings (SSSR count). The monoisotopic (exact) mass is 808 g/mol. The van der Waals surface area contributed by atoms with Crippen molar-refractivity contribution in [1.29, 1.82) is 0 Å². The molecule has 20 nitrogen and oxygen atoms in total. The van der Waals surface area contributed by atoms with Crippen LogP contribution in [0.2, 0.25) is 0 Å². The van der Waals surface area contributed by atoms with Gasteiger partial charge >= 0.3 is 16.5 Å². The summed E-state index contributed by atoms with van der Waals surface area (Å²) in [5, 5.41) is 0. The number of hydrogen-bond acceptors (Lipinski definition) is 20. The van der Waals surface area contributed by atoms with Gasteiger partial charge in [0.1, 0.15) is 63.4 Å². The van der Waals surface area contributed by atoms with Gasteiger partial charge in [-0.05, 0) is 0 Å². The van der Waals surface area contributed by atoms with Crippen LogP contribution < -0.4 is 24.8 Å². The molecule has 23 heteroatoms. The smallest absolute Gasteiger partial charge is 1.00 e. The molecule has 0 fully saturated rings. The van der Waals surface area contributed by atoms with Crippen molar-refractivity contribution in [2.45, 2.75) is 0 Å². The Balaban J connectivity index is -0.000000521. The molecule has 0 N–H and O–H groups in total. The van der Waals surface area contributed by atoms with E-state index in [1.54, 1.807) is 126 Å². The first-order valence-corrected chi connectivity index (χ1v) is 15.0. The van der Waals surface area contributed by atoms with Crippen LogP contribution in [0, 0.1) is 0 Å². The zero-order valence-corrected chi connectivity index (χ0v) is 31.1. The topological polar surface area (TPSA) is 247 Å². The van der Waals surface area contributed by atoms with Gasteiger partial charge < -0.3 is 24.8 Å². The minimum atomic E-state index is 0. The summed E-state index contributed by atoms with van der Waals surface area (Å²) in [6.45, 7) is 7.78. The largest absolute Gasteiger partial charge is 2.00 e. The van der Waals surface area contributed by atoms with Crippen LogP contribution >= 0.6 is 0 Å². The zero-order valence-electron chi connectivity index (χ0n) is 28.6. The molecule has 0 amide bonds. The molecule has 284 valence electrons. The molecular formula is C30H40Cl2N20Ni. The standard InChI is InChI=1S/10C3H4N2.2ClH.Ni/c10*1-2-5-3-4-1;;;/h10*1,3H,2H2;2*1H;/q;;;;;;;;;;;;+2/p-2. The first-order chi connectivity index (χ1) is 25.0. The summed E-state index contributed by atoms with van der Waals surface area (Å²) in [5.41, 5.74) is 0. The molecule has 0 aromatic rings. The number of aliphatic imine (C=N–C) groups is 20. The Labute approximate surface area is 331 Å². The molecule has 0 aromatic heterocycles. The van der Waals surface area contributed by atoms with E-state index in [0.717, 1.165) is 65.4 Å². The van der Waals surface area contributed by atoms with Gasteiger partial charge in [-0.2, -0.15) is 0 Å². The van der Waals surface area contributed by atoms with Crippen molar-refractivity contribution in [2.75, 3.05) is 65.4 Å². The van der Waals surface area contributed by atoms with E-state index in [1.165, 1.54) is 0 Å². The van der Waals surface area contributed by atoms with E-state index < -0.39 is 0 Å². The third-order valence-electron chi connectivity index (χ3n) is 4.41. The van der Waals surface area contributed by atoms with Crippen molar-refractivity contribution in [2.24, 2.45) is 99.8 Å². The van der Waals surface area contributed by atoms with E-state index in [2.05, 4.69) is 99.8 Å². The maximum Gasteiger partial charge on any atom is 2.00 e. The molecule has 0 spiro atoms. The summed E-state index contributed by atoms with van der Waals surface area (Å²) in [7, 11) is 0. The molecule has 53 heavy (non-hydrogen) atoms. The second-order valence-electron chi connectivity index (χ2n) is 8.12. The summed E-state index contributed by atoms with van der Waals surface area (Å²) in [5.74, 6) is 0. The van der Waals surface area contributed by atoms with Gasteiger partial charge in [0.05, 0.1) is 65.4 Å². The van der Waals surface area contributed by atoms with Gasteiger partial charge in [0.2, 0.25) is 0 Å². The van der Waals surface area contributed by atoms with Crippen molar-refractivity contribution < 1.29 is 41.3 Å². The minimum Gasteiger partial charge on any atom is -1.00 e. The Kier molecular flexibility index (Phi) is 47.5. The van der Waals surface area contributed by atoms with Crippen LogP contribution in [0.15, 0.2) is 99.8 Å². The van der Waals surface area contributed by atoms with Crippen molar-refractivity contribution in [1.82, 2.24) is 0 Å². The summed E-state index contributed by atoms with van der Waals surface area (Å²) >= 11 is 0. The molecule has 0 aromatic carbocycles. The first kappa shape index (κ1) is 51.8. The van der Waals surface area contributed by atoms with Crippen molar-refractivity contribution in [3.05, 3.63) is 0 Å². The van der Waals surface area contributed by atoms with Crippen LogP contribution in [0.25, 0.3) is 0 Å². The van der Waals surface area contributed by atoms with Crippen molar-refractivity contribution in [3.63, 3.8) is 0 Å². The normalized spacial score (nSPS) is 16.6. The second kappa shape index (κ2) is 48.6. The molecule has 10 heterocycles. The Morgan fingerprint density at radius 1 is 0.189 bits per heavy atom. The van der Waals surface area contributed by atoms with Crippen LogP contribution in [0.5, 0.6) is 0 Å². The number of hydrogen-bond donors (Lipinski definition) is 0. The third-order valence-corrected chi connectivity index (χ3v) is 4.41. The van der Waals surface area contributed by atoms with Crippen molar-refractivity contribution >= 4 is 126 Å². The molecule has 0 unspecified atom stereocenters. The number of halogens is 2. The quantitative estimate of drug-likeness (QED) is 0.209. The average Bonchev–Trinajstić information content (AvgIpc) is 4.08. The molecule has 10 aliphatic rings. The fourth-order valence-electron chi connectivity index (χ4n) is 2.36. The average molecular weight is 810 g/mol. The summed E-state index contributed by atoms with van der Waals surface area (Å²) in [6, 6.07) is 0. The second-order valence-corrected chi connectivity index (χ2v) is 8.12. The number of rotatable bonds is 0. The molecule has 0 radical (unpaired) electrons. The third kappa shape index (κ3) is 46.5. The summed E-state index contributed by atoms with van der Waals surface area (Å²) < 4.78 is 0. The van der Waals surface area contributed by atoms with E-state index in [4.69, 9.17) is 0 Å². The van der Waals surface area contributed by atoms with Crippen LogP contribution in [0.4, 0.5) is 0 Å². The molecule has 0 saturated carbocycles. The van der Waals surface area contributed by atoms with Gasteiger partial charge in [0, 0.05) is 62.1 Å². The van der Waals surface area contributed by atoms with Crippen LogP contribution in [-0.4, -0.2) is 191 Å². The maximum absolute atomic E-state index is 3.74. The van der Waals surface area contributed by atoms with Crippen LogP contribution in [0.1, 0.15) is 0 Å². The van der Waals surface area contributed by atoms with E-state index in [-0.39, 0.29) is 41.3 Å². The van der Waals surface area contributed by atoms with Gasteiger partial charge in [-0.25, -0.2) is 49.9 Å². The summed E-state index contributed by atoms with van der Waals surface area (Å²) in [4.78, 5) is 74.0. The first-order valence-electron chi connectivity index (χ1n) is 15.0. The molecule has 10 aliphatic heterocycles. The van der Waals surface area contributed by atoms with E-state index in [9.17, 15) is 0 Å². The maximum atomic E-state index is 3.74. The van der Waals surface area contributed by atoms with Gasteiger partial charge in [-0.15, -0.1) is 0 Å². The fraction of sp³-hybridized carbons (Fsp3) is 0.333. The van der Waals surface area contributed by atoms with Gasteiger partial charge in [-0.3, -0.25) is 49.9 Å². The molecular weight excluding hydrogens is 770 g/mol. The van der Waals surface area contributed by atoms with Gasteiger partial charge in [0.25, 0.3) is 0 Å². The van der Waals surface area contributed by atoms with Gasteiger partial charge in [0.15, 0.2) is 0 Å². The summed E-state index contributed by atoms with van der Waals surface area (Å²) in [6.07, 6.45) is 33.2. The van der Waals surface area contributed by atoms with Crippen molar-refractivity contribution in [3.8, 4) is 0 Å². The zero-order chi connectivity index (χ0) is 35.4.